The van der Waals surface area contributed by atoms with Crippen molar-refractivity contribution in [2.75, 3.05) is 0 Å². The summed E-state index contributed by atoms with van der Waals surface area (Å²) in [6.45, 7) is 0. The Morgan fingerprint density at radius 3 is 2.82 bits per heavy atom. The third-order valence-electron chi connectivity index (χ3n) is 1.55. The van der Waals surface area contributed by atoms with E-state index >= 15 is 0 Å². The van der Waals surface area contributed by atoms with Crippen LogP contribution in [0.4, 0.5) is 0 Å². The lowest BCUT2D eigenvalue weighted by molar-refractivity contribution is 1.37. The van der Waals surface area contributed by atoms with E-state index in [1.165, 1.54) is 5.56 Å². The van der Waals surface area contributed by atoms with Gasteiger partial charge in [-0.2, -0.15) is 0 Å². The van der Waals surface area contributed by atoms with E-state index < -0.39 is 0 Å². The molecule has 0 unspecified atom stereocenters. The van der Waals surface area contributed by atoms with Crippen LogP contribution < -0.4 is 0 Å². The maximum absolute atomic E-state index is 4.27. The van der Waals surface area contributed by atoms with Crippen molar-refractivity contribution in [2.45, 2.75) is 0 Å². The first-order chi connectivity index (χ1) is 5.36. The molecule has 1 nitrogen and oxygen atoms in total. The summed E-state index contributed by atoms with van der Waals surface area (Å²) in [5.74, 6) is 0. The molecule has 0 aromatic rings. The van der Waals surface area contributed by atoms with E-state index in [9.17, 15) is 0 Å². The molecule has 0 spiro atoms. The summed E-state index contributed by atoms with van der Waals surface area (Å²) in [6, 6.07) is 12.1. The van der Waals surface area contributed by atoms with Crippen molar-refractivity contribution in [1.29, 1.82) is 0 Å². The quantitative estimate of drug-likeness (QED) is 0.648. The van der Waals surface area contributed by atoms with Crippen LogP contribution in [-0.2, 0) is 0 Å². The summed E-state index contributed by atoms with van der Waals surface area (Å²) in [5, 5.41) is 0. The second-order valence-corrected chi connectivity index (χ2v) is 3.14. The van der Waals surface area contributed by atoms with Gasteiger partial charge in [-0.15, -0.1) is 0 Å². The summed E-state index contributed by atoms with van der Waals surface area (Å²) in [4.78, 5) is 4.27. The number of fused-ring (bicyclic) bond motifs is 1. The van der Waals surface area contributed by atoms with Gasteiger partial charge in [-0.1, -0.05) is 24.3 Å². The van der Waals surface area contributed by atoms with Gasteiger partial charge >= 0.3 is 0 Å². The molecule has 0 aromatic heterocycles. The Morgan fingerprint density at radius 2 is 1.91 bits per heavy atom. The average Bonchev–Trinajstić information content (AvgIpc) is 2.17. The molecule has 0 saturated heterocycles. The minimum atomic E-state index is 0.902. The van der Waals surface area contributed by atoms with Gasteiger partial charge in [0, 0.05) is 5.56 Å². The second kappa shape index (κ2) is 2.62. The van der Waals surface area contributed by atoms with E-state index in [1.54, 1.807) is 0 Å². The van der Waals surface area contributed by atoms with E-state index in [0.717, 1.165) is 10.3 Å². The topological polar surface area (TPSA) is 12.9 Å². The van der Waals surface area contributed by atoms with Gasteiger partial charge in [0.2, 0.25) is 0 Å². The van der Waals surface area contributed by atoms with Crippen molar-refractivity contribution < 1.29 is 0 Å². The first-order valence-corrected chi connectivity index (χ1v) is 4.17. The van der Waals surface area contributed by atoms with E-state index in [-0.39, 0.29) is 0 Å². The summed E-state index contributed by atoms with van der Waals surface area (Å²) >= 11 is 3.33. The van der Waals surface area contributed by atoms with Gasteiger partial charge in [0.05, 0.1) is 5.69 Å². The van der Waals surface area contributed by atoms with Gasteiger partial charge < -0.3 is 0 Å². The third-order valence-corrected chi connectivity index (χ3v) is 1.96. The van der Waals surface area contributed by atoms with Gasteiger partial charge in [-0.3, -0.25) is 0 Å². The Bertz CT molecular complexity index is 315. The molecule has 0 aromatic carbocycles. The van der Waals surface area contributed by atoms with Gasteiger partial charge in [-0.25, -0.2) is 4.98 Å². The largest absolute Gasteiger partial charge is 0.241 e. The molecule has 1 aliphatic heterocycles. The van der Waals surface area contributed by atoms with Crippen molar-refractivity contribution in [2.24, 2.45) is 0 Å². The highest BCUT2D eigenvalue weighted by atomic mass is 79.9. The van der Waals surface area contributed by atoms with Crippen molar-refractivity contribution in [3.8, 4) is 11.3 Å². The number of hydrogen-bond acceptors (Lipinski definition) is 1. The number of aromatic nitrogens is 1. The molecule has 54 valence electrons. The maximum Gasteiger partial charge on any atom is 0.107 e. The van der Waals surface area contributed by atoms with Crippen LogP contribution in [0.2, 0.25) is 0 Å². The van der Waals surface area contributed by atoms with Crippen LogP contribution in [0.3, 0.4) is 0 Å². The fourth-order valence-corrected chi connectivity index (χ4v) is 1.49. The number of hydrogen-bond donors (Lipinski definition) is 0. The summed E-state index contributed by atoms with van der Waals surface area (Å²) in [7, 11) is 0. The lowest BCUT2D eigenvalue weighted by atomic mass is 10.2. The molecule has 0 amide bonds. The zero-order valence-electron chi connectivity index (χ0n) is 5.79. The van der Waals surface area contributed by atoms with Crippen LogP contribution >= 0.6 is 15.9 Å². The van der Waals surface area contributed by atoms with Crippen LogP contribution in [0.25, 0.3) is 11.3 Å². The highest BCUT2D eigenvalue weighted by molar-refractivity contribution is 9.10. The minimum Gasteiger partial charge on any atom is -0.241 e. The first kappa shape index (κ1) is 6.80. The molecular formula is C9H6BrN. The fraction of sp³-hybridized carbons (Fsp3) is 0. The Kier molecular flexibility index (Phi) is 1.62. The lowest BCUT2D eigenvalue weighted by Gasteiger charge is -1.83. The third kappa shape index (κ3) is 1.26. The van der Waals surface area contributed by atoms with Crippen LogP contribution in [0.1, 0.15) is 0 Å². The van der Waals surface area contributed by atoms with Crippen LogP contribution in [0.15, 0.2) is 41.0 Å². The predicted molar refractivity (Wildman–Crippen MR) is 48.6 cm³/mol. The molecule has 2 rings (SSSR count). The number of nitrogens with zero attached hydrogens (tertiary/aromatic N) is 1. The molecule has 1 aliphatic carbocycles. The van der Waals surface area contributed by atoms with Gasteiger partial charge in [0.1, 0.15) is 4.60 Å². The maximum atomic E-state index is 4.27. The normalized spacial score (nSPS) is 10.3. The highest BCUT2D eigenvalue weighted by Crippen LogP contribution is 2.23. The average molecular weight is 208 g/mol. The Labute approximate surface area is 73.6 Å². The molecule has 0 fully saturated rings. The monoisotopic (exact) mass is 207 g/mol. The van der Waals surface area contributed by atoms with E-state index in [4.69, 9.17) is 0 Å². The molecule has 11 heavy (non-hydrogen) atoms. The van der Waals surface area contributed by atoms with Crippen molar-refractivity contribution >= 4 is 15.9 Å². The van der Waals surface area contributed by atoms with Crippen LogP contribution in [0, 0.1) is 0 Å². The van der Waals surface area contributed by atoms with Crippen LogP contribution in [-0.4, -0.2) is 4.98 Å². The SMILES string of the molecule is Brc1cc2cccccc-2n1. The van der Waals surface area contributed by atoms with E-state index in [0.29, 0.717) is 0 Å². The van der Waals surface area contributed by atoms with Crippen LogP contribution in [0.5, 0.6) is 0 Å². The smallest absolute Gasteiger partial charge is 0.107 e. The van der Waals surface area contributed by atoms with Gasteiger partial charge in [0.15, 0.2) is 0 Å². The number of rotatable bonds is 0. The summed E-state index contributed by atoms with van der Waals surface area (Å²) in [6.07, 6.45) is 0. The zero-order chi connectivity index (χ0) is 7.68. The fourth-order valence-electron chi connectivity index (χ4n) is 1.05. The van der Waals surface area contributed by atoms with Gasteiger partial charge in [-0.05, 0) is 28.1 Å². The zero-order valence-corrected chi connectivity index (χ0v) is 7.38. The standard InChI is InChI=1S/C9H6BrN/c10-9-6-7-4-2-1-3-5-8(7)11-9/h1-6H. The molecule has 2 heteroatoms. The van der Waals surface area contributed by atoms with Crippen molar-refractivity contribution in [3.05, 3.63) is 41.0 Å². The predicted octanol–water partition coefficient (Wildman–Crippen LogP) is 2.95. The first-order valence-electron chi connectivity index (χ1n) is 3.37. The molecule has 0 atom stereocenters. The van der Waals surface area contributed by atoms with Gasteiger partial charge in [0.25, 0.3) is 0 Å². The van der Waals surface area contributed by atoms with Crippen molar-refractivity contribution in [1.82, 2.24) is 4.98 Å². The molecule has 0 N–H and O–H groups in total. The molecule has 2 aliphatic rings. The highest BCUT2D eigenvalue weighted by Gasteiger charge is 2.02. The van der Waals surface area contributed by atoms with E-state index in [2.05, 4.69) is 20.9 Å². The molecule has 1 heterocycles. The number of halogens is 1. The Balaban J connectivity index is 2.73. The summed E-state index contributed by atoms with van der Waals surface area (Å²) < 4.78 is 0.902. The molecular weight excluding hydrogens is 202 g/mol. The Morgan fingerprint density at radius 1 is 1.09 bits per heavy atom. The second-order valence-electron chi connectivity index (χ2n) is 2.33. The molecule has 0 radical (unpaired) electrons. The van der Waals surface area contributed by atoms with E-state index in [1.807, 2.05) is 36.4 Å². The molecule has 0 bridgehead atoms. The lowest BCUT2D eigenvalue weighted by Crippen LogP contribution is -1.66. The van der Waals surface area contributed by atoms with Crippen molar-refractivity contribution in [3.63, 3.8) is 0 Å². The molecule has 0 saturated carbocycles. The summed E-state index contributed by atoms with van der Waals surface area (Å²) in [5.41, 5.74) is 2.20. The Hall–Kier alpha value is -0.890. The minimum absolute atomic E-state index is 0.902.